The zero-order chi connectivity index (χ0) is 13.0. The lowest BCUT2D eigenvalue weighted by molar-refractivity contribution is -0.140. The fraction of sp³-hybridized carbons (Fsp3) is 0.182. The number of aliphatic carboxylic acids is 2. The van der Waals surface area contributed by atoms with Crippen LogP contribution in [0.15, 0.2) is 33.7 Å². The molecule has 0 aliphatic carbocycles. The van der Waals surface area contributed by atoms with Crippen LogP contribution in [0.25, 0.3) is 0 Å². The molecule has 2 N–H and O–H groups in total. The summed E-state index contributed by atoms with van der Waals surface area (Å²) in [5.74, 6) is -3.72. The van der Waals surface area contributed by atoms with E-state index in [1.807, 2.05) is 0 Å². The molecule has 1 aromatic rings. The molecule has 0 aliphatic rings. The molecule has 0 heterocycles. The number of carbonyl (C=O) groups is 2. The highest BCUT2D eigenvalue weighted by atomic mass is 79.9. The zero-order valence-corrected chi connectivity index (χ0v) is 10.5. The second kappa shape index (κ2) is 5.58. The van der Waals surface area contributed by atoms with E-state index in [2.05, 4.69) is 20.9 Å². The summed E-state index contributed by atoms with van der Waals surface area (Å²) in [7, 11) is 0. The van der Waals surface area contributed by atoms with Crippen molar-refractivity contribution in [2.45, 2.75) is 6.92 Å². The number of carboxylic acid groups (broad SMARTS) is 2. The Balaban J connectivity index is 3.15. The topological polar surface area (TPSA) is 87.0 Å². The van der Waals surface area contributed by atoms with Crippen LogP contribution in [0.1, 0.15) is 6.92 Å². The second-order valence-electron chi connectivity index (χ2n) is 3.34. The first-order valence-corrected chi connectivity index (χ1v) is 5.51. The minimum Gasteiger partial charge on any atom is -0.481 e. The Morgan fingerprint density at radius 3 is 2.47 bits per heavy atom. The number of nitrogens with zero attached hydrogens (tertiary/aromatic N) is 1. The van der Waals surface area contributed by atoms with Crippen molar-refractivity contribution in [1.29, 1.82) is 0 Å². The van der Waals surface area contributed by atoms with Crippen molar-refractivity contribution in [2.24, 2.45) is 10.9 Å². The summed E-state index contributed by atoms with van der Waals surface area (Å²) >= 11 is 3.22. The molecule has 0 fully saturated rings. The van der Waals surface area contributed by atoms with Gasteiger partial charge in [-0.15, -0.1) is 0 Å². The summed E-state index contributed by atoms with van der Waals surface area (Å²) in [6.07, 6.45) is 0. The van der Waals surface area contributed by atoms with Gasteiger partial charge in [0.1, 0.15) is 11.6 Å². The van der Waals surface area contributed by atoms with Crippen LogP contribution in [0, 0.1) is 5.92 Å². The van der Waals surface area contributed by atoms with E-state index in [-0.39, 0.29) is 0 Å². The van der Waals surface area contributed by atoms with Crippen molar-refractivity contribution in [3.63, 3.8) is 0 Å². The molecule has 5 nitrogen and oxygen atoms in total. The van der Waals surface area contributed by atoms with Gasteiger partial charge in [-0.3, -0.25) is 4.79 Å². The molecular formula is C11H10BrNO4. The Labute approximate surface area is 106 Å². The summed E-state index contributed by atoms with van der Waals surface area (Å²) in [6.45, 7) is 1.28. The number of halogens is 1. The molecule has 0 saturated heterocycles. The van der Waals surface area contributed by atoms with E-state index in [0.717, 1.165) is 4.47 Å². The van der Waals surface area contributed by atoms with Crippen molar-refractivity contribution < 1.29 is 19.8 Å². The van der Waals surface area contributed by atoms with Gasteiger partial charge in [0.25, 0.3) is 0 Å². The lowest BCUT2D eigenvalue weighted by Gasteiger charge is -2.06. The molecule has 1 rings (SSSR count). The van der Waals surface area contributed by atoms with Crippen LogP contribution >= 0.6 is 15.9 Å². The van der Waals surface area contributed by atoms with Gasteiger partial charge in [0.15, 0.2) is 0 Å². The molecule has 1 atom stereocenters. The van der Waals surface area contributed by atoms with Gasteiger partial charge in [0.05, 0.1) is 5.69 Å². The quantitative estimate of drug-likeness (QED) is 0.835. The van der Waals surface area contributed by atoms with Crippen LogP contribution in [-0.2, 0) is 9.59 Å². The zero-order valence-electron chi connectivity index (χ0n) is 8.92. The number of carboxylic acids is 2. The number of aliphatic imine (C=N–C) groups is 1. The van der Waals surface area contributed by atoms with Gasteiger partial charge in [0, 0.05) is 4.47 Å². The monoisotopic (exact) mass is 299 g/mol. The summed E-state index contributed by atoms with van der Waals surface area (Å²) in [6, 6.07) is 6.66. The molecule has 1 unspecified atom stereocenters. The van der Waals surface area contributed by atoms with Gasteiger partial charge >= 0.3 is 11.9 Å². The Morgan fingerprint density at radius 1 is 1.35 bits per heavy atom. The van der Waals surface area contributed by atoms with E-state index in [4.69, 9.17) is 10.2 Å². The van der Waals surface area contributed by atoms with E-state index in [1.54, 1.807) is 24.3 Å². The molecule has 0 bridgehead atoms. The summed E-state index contributed by atoms with van der Waals surface area (Å²) in [4.78, 5) is 25.5. The third-order valence-corrected chi connectivity index (χ3v) is 2.55. The first-order valence-electron chi connectivity index (χ1n) is 4.72. The van der Waals surface area contributed by atoms with Crippen LogP contribution in [0.4, 0.5) is 5.69 Å². The van der Waals surface area contributed by atoms with Gasteiger partial charge < -0.3 is 10.2 Å². The van der Waals surface area contributed by atoms with Gasteiger partial charge in [-0.2, -0.15) is 0 Å². The minimum atomic E-state index is -1.33. The first-order chi connectivity index (χ1) is 7.91. The van der Waals surface area contributed by atoms with E-state index >= 15 is 0 Å². The lowest BCUT2D eigenvalue weighted by Crippen LogP contribution is -2.27. The van der Waals surface area contributed by atoms with E-state index in [0.29, 0.717) is 5.69 Å². The minimum absolute atomic E-state index is 0.393. The molecule has 0 radical (unpaired) electrons. The molecule has 6 heteroatoms. The maximum absolute atomic E-state index is 10.9. The van der Waals surface area contributed by atoms with Crippen LogP contribution in [0.5, 0.6) is 0 Å². The molecule has 17 heavy (non-hydrogen) atoms. The number of benzene rings is 1. The van der Waals surface area contributed by atoms with Gasteiger partial charge in [-0.05, 0) is 25.1 Å². The molecular weight excluding hydrogens is 290 g/mol. The highest BCUT2D eigenvalue weighted by Crippen LogP contribution is 2.19. The molecule has 0 saturated carbocycles. The van der Waals surface area contributed by atoms with Crippen LogP contribution in [-0.4, -0.2) is 27.9 Å². The van der Waals surface area contributed by atoms with Gasteiger partial charge in [0.2, 0.25) is 0 Å². The largest absolute Gasteiger partial charge is 0.481 e. The normalized spacial score (nSPS) is 13.2. The predicted octanol–water partition coefficient (Wildman–Crippen LogP) is 2.33. The Morgan fingerprint density at radius 2 is 2.00 bits per heavy atom. The van der Waals surface area contributed by atoms with Crippen LogP contribution < -0.4 is 0 Å². The maximum Gasteiger partial charge on any atom is 0.351 e. The Kier molecular flexibility index (Phi) is 4.39. The first kappa shape index (κ1) is 13.4. The molecule has 0 amide bonds. The lowest BCUT2D eigenvalue weighted by atomic mass is 10.1. The SMILES string of the molecule is CC(C(=O)O)C(=Nc1cccc(Br)c1)C(=O)O. The molecule has 0 spiro atoms. The highest BCUT2D eigenvalue weighted by molar-refractivity contribution is 9.10. The average molecular weight is 300 g/mol. The Hall–Kier alpha value is -1.69. The van der Waals surface area contributed by atoms with Crippen molar-refractivity contribution in [3.05, 3.63) is 28.7 Å². The number of hydrogen-bond acceptors (Lipinski definition) is 3. The predicted molar refractivity (Wildman–Crippen MR) is 65.7 cm³/mol. The fourth-order valence-electron chi connectivity index (χ4n) is 1.13. The van der Waals surface area contributed by atoms with E-state index in [1.165, 1.54) is 6.92 Å². The van der Waals surface area contributed by atoms with Crippen LogP contribution in [0.3, 0.4) is 0 Å². The maximum atomic E-state index is 10.9. The third kappa shape index (κ3) is 3.67. The van der Waals surface area contributed by atoms with Crippen molar-refractivity contribution in [1.82, 2.24) is 0 Å². The Bertz CT molecular complexity index is 484. The van der Waals surface area contributed by atoms with Gasteiger partial charge in [-0.25, -0.2) is 9.79 Å². The van der Waals surface area contributed by atoms with Crippen molar-refractivity contribution in [3.8, 4) is 0 Å². The summed E-state index contributed by atoms with van der Waals surface area (Å²) < 4.78 is 0.742. The molecule has 0 aromatic heterocycles. The molecule has 90 valence electrons. The highest BCUT2D eigenvalue weighted by Gasteiger charge is 2.24. The summed E-state index contributed by atoms with van der Waals surface area (Å²) in [5, 5.41) is 17.7. The summed E-state index contributed by atoms with van der Waals surface area (Å²) in [5.41, 5.74) is 0.000440. The van der Waals surface area contributed by atoms with Gasteiger partial charge in [-0.1, -0.05) is 22.0 Å². The third-order valence-electron chi connectivity index (χ3n) is 2.06. The smallest absolute Gasteiger partial charge is 0.351 e. The van der Waals surface area contributed by atoms with Crippen molar-refractivity contribution >= 4 is 39.3 Å². The van der Waals surface area contributed by atoms with E-state index < -0.39 is 23.6 Å². The molecule has 1 aromatic carbocycles. The van der Waals surface area contributed by atoms with Crippen molar-refractivity contribution in [2.75, 3.05) is 0 Å². The average Bonchev–Trinajstić information content (AvgIpc) is 2.24. The fourth-order valence-corrected chi connectivity index (χ4v) is 1.52. The van der Waals surface area contributed by atoms with Crippen LogP contribution in [0.2, 0.25) is 0 Å². The molecule has 0 aliphatic heterocycles. The van der Waals surface area contributed by atoms with E-state index in [9.17, 15) is 9.59 Å². The second-order valence-corrected chi connectivity index (χ2v) is 4.26. The standard InChI is InChI=1S/C11H10BrNO4/c1-6(10(14)15)9(11(16)17)13-8-4-2-3-7(12)5-8/h2-6H,1H3,(H,14,15)(H,16,17). The number of hydrogen-bond donors (Lipinski definition) is 2. The number of rotatable bonds is 4.